The van der Waals surface area contributed by atoms with Gasteiger partial charge in [0.1, 0.15) is 5.69 Å². The number of nitrogens with zero attached hydrogens (tertiary/aromatic N) is 3. The van der Waals surface area contributed by atoms with Crippen LogP contribution in [-0.4, -0.2) is 15.2 Å². The van der Waals surface area contributed by atoms with E-state index in [0.717, 1.165) is 33.5 Å². The standard InChI is InChI=1S/C19H14N4/c1-2-8-15(9-3-1)21-19-17-11-5-4-10-16(17)18(22-23-19)14-7-6-12-20-13-14/h1-13H,(H,21,23). The van der Waals surface area contributed by atoms with Crippen molar-refractivity contribution in [3.8, 4) is 11.3 Å². The Kier molecular flexibility index (Phi) is 3.41. The van der Waals surface area contributed by atoms with Crippen LogP contribution in [0.5, 0.6) is 0 Å². The Morgan fingerprint density at radius 3 is 2.26 bits per heavy atom. The minimum absolute atomic E-state index is 0.749. The van der Waals surface area contributed by atoms with Gasteiger partial charge in [-0.1, -0.05) is 42.5 Å². The fourth-order valence-corrected chi connectivity index (χ4v) is 2.57. The van der Waals surface area contributed by atoms with Crippen LogP contribution >= 0.6 is 0 Å². The Balaban J connectivity index is 1.86. The summed E-state index contributed by atoms with van der Waals surface area (Å²) in [6.07, 6.45) is 3.56. The number of para-hydroxylation sites is 1. The molecule has 0 bridgehead atoms. The van der Waals surface area contributed by atoms with Gasteiger partial charge in [-0.15, -0.1) is 10.2 Å². The number of hydrogen-bond acceptors (Lipinski definition) is 4. The van der Waals surface area contributed by atoms with Gasteiger partial charge in [-0.3, -0.25) is 4.98 Å². The molecule has 2 aromatic heterocycles. The quantitative estimate of drug-likeness (QED) is 0.607. The molecule has 110 valence electrons. The predicted molar refractivity (Wildman–Crippen MR) is 92.5 cm³/mol. The lowest BCUT2D eigenvalue weighted by Gasteiger charge is -2.11. The van der Waals surface area contributed by atoms with Crippen LogP contribution in [-0.2, 0) is 0 Å². The van der Waals surface area contributed by atoms with E-state index >= 15 is 0 Å². The fourth-order valence-electron chi connectivity index (χ4n) is 2.57. The van der Waals surface area contributed by atoms with Gasteiger partial charge in [-0.05, 0) is 24.3 Å². The van der Waals surface area contributed by atoms with Gasteiger partial charge in [-0.2, -0.15) is 0 Å². The SMILES string of the molecule is c1ccc(Nc2nnc(-c3cccnc3)c3ccccc23)cc1. The highest BCUT2D eigenvalue weighted by atomic mass is 15.2. The highest BCUT2D eigenvalue weighted by molar-refractivity contribution is 6.00. The van der Waals surface area contributed by atoms with Crippen LogP contribution < -0.4 is 5.32 Å². The number of benzene rings is 2. The summed E-state index contributed by atoms with van der Waals surface area (Å²) in [4.78, 5) is 4.17. The van der Waals surface area contributed by atoms with Crippen LogP contribution in [0.2, 0.25) is 0 Å². The van der Waals surface area contributed by atoms with Gasteiger partial charge >= 0.3 is 0 Å². The van der Waals surface area contributed by atoms with E-state index in [1.807, 2.05) is 54.6 Å². The molecule has 2 heterocycles. The first-order chi connectivity index (χ1) is 11.4. The van der Waals surface area contributed by atoms with E-state index < -0.39 is 0 Å². The molecule has 0 spiro atoms. The second-order valence-corrected chi connectivity index (χ2v) is 5.18. The molecule has 0 aliphatic rings. The minimum Gasteiger partial charge on any atom is -0.338 e. The molecule has 4 aromatic rings. The number of nitrogens with one attached hydrogen (secondary N) is 1. The van der Waals surface area contributed by atoms with Crippen molar-refractivity contribution in [1.29, 1.82) is 0 Å². The molecule has 23 heavy (non-hydrogen) atoms. The fraction of sp³-hybridized carbons (Fsp3) is 0. The van der Waals surface area contributed by atoms with Crippen LogP contribution in [0.25, 0.3) is 22.0 Å². The summed E-state index contributed by atoms with van der Waals surface area (Å²) in [7, 11) is 0. The second-order valence-electron chi connectivity index (χ2n) is 5.18. The van der Waals surface area contributed by atoms with Gasteiger partial charge < -0.3 is 5.32 Å². The van der Waals surface area contributed by atoms with Crippen molar-refractivity contribution in [2.24, 2.45) is 0 Å². The van der Waals surface area contributed by atoms with Gasteiger partial charge in [0.05, 0.1) is 0 Å². The number of aromatic nitrogens is 3. The Morgan fingerprint density at radius 1 is 0.696 bits per heavy atom. The molecule has 0 saturated heterocycles. The number of fused-ring (bicyclic) bond motifs is 1. The van der Waals surface area contributed by atoms with E-state index in [4.69, 9.17) is 0 Å². The minimum atomic E-state index is 0.749. The van der Waals surface area contributed by atoms with Crippen molar-refractivity contribution in [1.82, 2.24) is 15.2 Å². The summed E-state index contributed by atoms with van der Waals surface area (Å²) in [5.74, 6) is 0.749. The normalized spacial score (nSPS) is 10.6. The highest BCUT2D eigenvalue weighted by Gasteiger charge is 2.10. The van der Waals surface area contributed by atoms with E-state index in [2.05, 4.69) is 32.6 Å². The molecular formula is C19H14N4. The molecule has 0 atom stereocenters. The average Bonchev–Trinajstić information content (AvgIpc) is 2.64. The van der Waals surface area contributed by atoms with Crippen molar-refractivity contribution in [3.05, 3.63) is 79.1 Å². The maximum absolute atomic E-state index is 4.42. The first kappa shape index (κ1) is 13.4. The lowest BCUT2D eigenvalue weighted by atomic mass is 10.1. The van der Waals surface area contributed by atoms with Gasteiger partial charge in [-0.25, -0.2) is 0 Å². The van der Waals surface area contributed by atoms with Crippen molar-refractivity contribution < 1.29 is 0 Å². The van der Waals surface area contributed by atoms with Crippen LogP contribution in [0.15, 0.2) is 79.1 Å². The molecule has 0 amide bonds. The molecular weight excluding hydrogens is 284 g/mol. The summed E-state index contributed by atoms with van der Waals surface area (Å²) in [6, 6.07) is 22.0. The van der Waals surface area contributed by atoms with E-state index in [1.54, 1.807) is 12.4 Å². The van der Waals surface area contributed by atoms with Crippen molar-refractivity contribution >= 4 is 22.3 Å². The number of hydrogen-bond donors (Lipinski definition) is 1. The van der Waals surface area contributed by atoms with E-state index in [0.29, 0.717) is 0 Å². The zero-order valence-corrected chi connectivity index (χ0v) is 12.3. The van der Waals surface area contributed by atoms with E-state index in [9.17, 15) is 0 Å². The molecule has 0 aliphatic heterocycles. The number of pyridine rings is 1. The molecule has 0 saturated carbocycles. The molecule has 0 radical (unpaired) electrons. The Labute approximate surface area is 133 Å². The Hall–Kier alpha value is -3.27. The van der Waals surface area contributed by atoms with Gasteiger partial charge in [0, 0.05) is 34.4 Å². The largest absolute Gasteiger partial charge is 0.338 e. The van der Waals surface area contributed by atoms with E-state index in [1.165, 1.54) is 0 Å². The summed E-state index contributed by atoms with van der Waals surface area (Å²) in [5.41, 5.74) is 2.79. The Bertz CT molecular complexity index is 937. The molecule has 0 aliphatic carbocycles. The maximum atomic E-state index is 4.42. The molecule has 2 aromatic carbocycles. The predicted octanol–water partition coefficient (Wildman–Crippen LogP) is 4.44. The van der Waals surface area contributed by atoms with Crippen LogP contribution in [0.4, 0.5) is 11.5 Å². The first-order valence-electron chi connectivity index (χ1n) is 7.40. The van der Waals surface area contributed by atoms with Crippen LogP contribution in [0, 0.1) is 0 Å². The lowest BCUT2D eigenvalue weighted by Crippen LogP contribution is -1.99. The van der Waals surface area contributed by atoms with Gasteiger partial charge in [0.15, 0.2) is 5.82 Å². The third kappa shape index (κ3) is 2.62. The molecule has 4 heteroatoms. The third-order valence-corrected chi connectivity index (χ3v) is 3.66. The maximum Gasteiger partial charge on any atom is 0.161 e. The third-order valence-electron chi connectivity index (χ3n) is 3.66. The monoisotopic (exact) mass is 298 g/mol. The zero-order chi connectivity index (χ0) is 15.5. The summed E-state index contributed by atoms with van der Waals surface area (Å²) in [5, 5.41) is 14.2. The van der Waals surface area contributed by atoms with Gasteiger partial charge in [0.25, 0.3) is 0 Å². The van der Waals surface area contributed by atoms with Crippen LogP contribution in [0.3, 0.4) is 0 Å². The summed E-state index contributed by atoms with van der Waals surface area (Å²) < 4.78 is 0. The van der Waals surface area contributed by atoms with Crippen molar-refractivity contribution in [2.75, 3.05) is 5.32 Å². The molecule has 4 rings (SSSR count). The summed E-state index contributed by atoms with van der Waals surface area (Å²) >= 11 is 0. The number of rotatable bonds is 3. The lowest BCUT2D eigenvalue weighted by molar-refractivity contribution is 1.06. The van der Waals surface area contributed by atoms with Crippen molar-refractivity contribution in [3.63, 3.8) is 0 Å². The van der Waals surface area contributed by atoms with Gasteiger partial charge in [0.2, 0.25) is 0 Å². The first-order valence-corrected chi connectivity index (χ1v) is 7.40. The number of anilines is 2. The van der Waals surface area contributed by atoms with Crippen LogP contribution in [0.1, 0.15) is 0 Å². The smallest absolute Gasteiger partial charge is 0.161 e. The Morgan fingerprint density at radius 2 is 1.48 bits per heavy atom. The van der Waals surface area contributed by atoms with Crippen molar-refractivity contribution in [2.45, 2.75) is 0 Å². The molecule has 4 nitrogen and oxygen atoms in total. The molecule has 0 unspecified atom stereocenters. The van der Waals surface area contributed by atoms with E-state index in [-0.39, 0.29) is 0 Å². The second kappa shape index (κ2) is 5.85. The average molecular weight is 298 g/mol. The summed E-state index contributed by atoms with van der Waals surface area (Å²) in [6.45, 7) is 0. The highest BCUT2D eigenvalue weighted by Crippen LogP contribution is 2.30. The molecule has 1 N–H and O–H groups in total. The molecule has 0 fully saturated rings. The topological polar surface area (TPSA) is 50.7 Å². The zero-order valence-electron chi connectivity index (χ0n) is 12.3.